The molecule has 2 aromatic rings. The molecule has 0 aliphatic carbocycles. The number of benzene rings is 1. The summed E-state index contributed by atoms with van der Waals surface area (Å²) in [5, 5.41) is 37.4. The molecule has 6 amide bonds. The van der Waals surface area contributed by atoms with E-state index in [4.69, 9.17) is 5.73 Å². The third-order valence-corrected chi connectivity index (χ3v) is 9.60. The third kappa shape index (κ3) is 12.5. The van der Waals surface area contributed by atoms with Crippen molar-refractivity contribution in [3.8, 4) is 0 Å². The van der Waals surface area contributed by atoms with E-state index in [0.717, 1.165) is 17.3 Å². The van der Waals surface area contributed by atoms with Gasteiger partial charge in [0.05, 0.1) is 12.1 Å². The number of primary amides is 1. The Morgan fingerprint density at radius 3 is 2.07 bits per heavy atom. The van der Waals surface area contributed by atoms with E-state index in [1.807, 2.05) is 38.1 Å². The van der Waals surface area contributed by atoms with Gasteiger partial charge in [0.15, 0.2) is 0 Å². The first-order valence-electron chi connectivity index (χ1n) is 18.5. The Morgan fingerprint density at radius 2 is 1.48 bits per heavy atom. The number of aliphatic hydroxyl groups excluding tert-OH is 1. The van der Waals surface area contributed by atoms with Crippen LogP contribution in [-0.4, -0.2) is 106 Å². The number of aromatic amines is 1. The fraction of sp³-hybridized carbons (Fsp3) is 0.595. The zero-order valence-electron chi connectivity index (χ0n) is 31.6. The van der Waals surface area contributed by atoms with E-state index >= 15 is 0 Å². The fourth-order valence-electron chi connectivity index (χ4n) is 6.30. The zero-order chi connectivity index (χ0) is 40.1. The van der Waals surface area contributed by atoms with Crippen LogP contribution in [0.2, 0.25) is 0 Å². The second-order valence-corrected chi connectivity index (χ2v) is 14.5. The third-order valence-electron chi connectivity index (χ3n) is 9.60. The number of hydrogen-bond donors (Lipinski definition) is 10. The Labute approximate surface area is 314 Å². The number of aromatic nitrogens is 1. The number of para-hydroxylation sites is 1. The van der Waals surface area contributed by atoms with Gasteiger partial charge < -0.3 is 52.8 Å². The maximum absolute atomic E-state index is 13.7. The van der Waals surface area contributed by atoms with Gasteiger partial charge in [-0.15, -0.1) is 0 Å². The van der Waals surface area contributed by atoms with Crippen molar-refractivity contribution in [2.45, 2.75) is 122 Å². The molecule has 1 aliphatic heterocycles. The van der Waals surface area contributed by atoms with E-state index < -0.39 is 89.7 Å². The van der Waals surface area contributed by atoms with Gasteiger partial charge in [-0.05, 0) is 62.6 Å². The number of amides is 6. The van der Waals surface area contributed by atoms with E-state index in [1.54, 1.807) is 20.0 Å². The minimum atomic E-state index is -1.58. The summed E-state index contributed by atoms with van der Waals surface area (Å²) in [6, 6.07) is 0.259. The molecule has 2 heterocycles. The number of carbonyl (C=O) groups is 7. The highest BCUT2D eigenvalue weighted by atomic mass is 16.4. The molecule has 1 fully saturated rings. The first kappa shape index (κ1) is 43.4. The van der Waals surface area contributed by atoms with Gasteiger partial charge >= 0.3 is 5.97 Å². The van der Waals surface area contributed by atoms with E-state index in [2.05, 4.69) is 36.9 Å². The number of carboxylic acid groups (broad SMARTS) is 1. The molecule has 1 aliphatic rings. The average molecular weight is 757 g/mol. The number of nitrogens with one attached hydrogen (secondary N) is 7. The molecule has 0 spiro atoms. The van der Waals surface area contributed by atoms with Crippen LogP contribution in [0, 0.1) is 11.8 Å². The summed E-state index contributed by atoms with van der Waals surface area (Å²) < 4.78 is 0. The lowest BCUT2D eigenvalue weighted by Crippen LogP contribution is -2.62. The quantitative estimate of drug-likeness (QED) is 0.0795. The fourth-order valence-corrected chi connectivity index (χ4v) is 6.30. The molecule has 1 aromatic carbocycles. The topological polar surface area (TPSA) is 274 Å². The van der Waals surface area contributed by atoms with Gasteiger partial charge in [-0.3, -0.25) is 28.8 Å². The van der Waals surface area contributed by atoms with Crippen LogP contribution in [0.25, 0.3) is 10.9 Å². The zero-order valence-corrected chi connectivity index (χ0v) is 31.6. The Balaban J connectivity index is 1.75. The molecule has 0 saturated carbocycles. The summed E-state index contributed by atoms with van der Waals surface area (Å²) in [7, 11) is 0. The number of H-pyrrole nitrogens is 1. The summed E-state index contributed by atoms with van der Waals surface area (Å²) in [6.07, 6.45) is 1.73. The number of carbonyl (C=O) groups excluding carboxylic acids is 6. The number of nitrogens with two attached hydrogens (primary N) is 1. The molecule has 0 unspecified atom stereocenters. The highest BCUT2D eigenvalue weighted by Crippen LogP contribution is 2.20. The molecule has 0 bridgehead atoms. The lowest BCUT2D eigenvalue weighted by Gasteiger charge is -2.30. The number of aliphatic carboxylic acids is 1. The molecule has 11 N–H and O–H groups in total. The number of rotatable bonds is 21. The van der Waals surface area contributed by atoms with Crippen molar-refractivity contribution in [3.05, 3.63) is 36.0 Å². The number of fused-ring (bicyclic) bond motifs is 1. The summed E-state index contributed by atoms with van der Waals surface area (Å²) >= 11 is 0. The van der Waals surface area contributed by atoms with Crippen LogP contribution in [-0.2, 0) is 40.0 Å². The number of hydrogen-bond acceptors (Lipinski definition) is 9. The van der Waals surface area contributed by atoms with Crippen molar-refractivity contribution in [2.75, 3.05) is 6.54 Å². The van der Waals surface area contributed by atoms with Gasteiger partial charge in [0.1, 0.15) is 30.2 Å². The van der Waals surface area contributed by atoms with E-state index in [-0.39, 0.29) is 31.6 Å². The van der Waals surface area contributed by atoms with Crippen molar-refractivity contribution in [1.82, 2.24) is 36.9 Å². The Bertz CT molecular complexity index is 1640. The Hall–Kier alpha value is -5.03. The van der Waals surface area contributed by atoms with Crippen LogP contribution < -0.4 is 37.6 Å². The first-order valence-corrected chi connectivity index (χ1v) is 18.5. The highest BCUT2D eigenvalue weighted by molar-refractivity contribution is 5.97. The SMILES string of the molecule is CC[C@H](C)[C@H](NC(=O)[C@H](CCC(N)=O)NC(=O)[C@@H]1CCCN1)C(=O)N[C@H](C(=O)N[C@@H](CC(C)C)C(=O)N[C@@H](Cc1c[nH]c2ccccc12)C(=O)O)[C@@H](C)O. The molecule has 8 atom stereocenters. The molecule has 54 heavy (non-hydrogen) atoms. The van der Waals surface area contributed by atoms with Crippen molar-refractivity contribution in [3.63, 3.8) is 0 Å². The summed E-state index contributed by atoms with van der Waals surface area (Å²) in [5.74, 6) is -6.23. The smallest absolute Gasteiger partial charge is 0.326 e. The standard InChI is InChI=1S/C37H56N8O9/c1-6-20(4)30(44-33(49)26(13-14-29(38)47)41-32(48)25-12-9-15-39-25)35(51)45-31(21(5)46)36(52)42-27(16-19(2)3)34(50)43-28(37(53)54)17-22-18-40-24-11-8-7-10-23(22)24/h7-8,10-11,18-21,25-28,30-31,39-40,46H,6,9,12-17H2,1-5H3,(H2,38,47)(H,41,48)(H,42,52)(H,43,50)(H,44,49)(H,45,51)(H,53,54)/t20-,21+,25-,26-,27-,28-,30-,31-/m0/s1. The van der Waals surface area contributed by atoms with E-state index in [0.29, 0.717) is 24.9 Å². The lowest BCUT2D eigenvalue weighted by molar-refractivity contribution is -0.142. The Kier molecular flexibility index (Phi) is 16.4. The van der Waals surface area contributed by atoms with Gasteiger partial charge in [-0.1, -0.05) is 52.3 Å². The van der Waals surface area contributed by atoms with Gasteiger partial charge in [0.2, 0.25) is 35.4 Å². The average Bonchev–Trinajstić information content (AvgIpc) is 3.80. The minimum Gasteiger partial charge on any atom is -0.480 e. The van der Waals surface area contributed by atoms with Crippen LogP contribution in [0.3, 0.4) is 0 Å². The second-order valence-electron chi connectivity index (χ2n) is 14.5. The molecule has 17 heteroatoms. The highest BCUT2D eigenvalue weighted by Gasteiger charge is 2.36. The van der Waals surface area contributed by atoms with Crippen molar-refractivity contribution in [1.29, 1.82) is 0 Å². The molecule has 0 radical (unpaired) electrons. The van der Waals surface area contributed by atoms with Gasteiger partial charge in [-0.25, -0.2) is 4.79 Å². The lowest BCUT2D eigenvalue weighted by atomic mass is 9.96. The monoisotopic (exact) mass is 756 g/mol. The minimum absolute atomic E-state index is 0.0347. The largest absolute Gasteiger partial charge is 0.480 e. The predicted octanol–water partition coefficient (Wildman–Crippen LogP) is -0.290. The summed E-state index contributed by atoms with van der Waals surface area (Å²) in [6.45, 7) is 9.01. The number of carboxylic acids is 1. The normalized spacial score (nSPS) is 18.0. The maximum atomic E-state index is 13.7. The van der Waals surface area contributed by atoms with Crippen molar-refractivity contribution >= 4 is 52.3 Å². The molecule has 1 saturated heterocycles. The van der Waals surface area contributed by atoms with Crippen LogP contribution >= 0.6 is 0 Å². The van der Waals surface area contributed by atoms with E-state index in [9.17, 15) is 43.8 Å². The summed E-state index contributed by atoms with van der Waals surface area (Å²) in [4.78, 5) is 94.2. The molecule has 298 valence electrons. The molecule has 1 aromatic heterocycles. The van der Waals surface area contributed by atoms with Crippen molar-refractivity contribution < 1.29 is 43.8 Å². The van der Waals surface area contributed by atoms with Gasteiger partial charge in [-0.2, -0.15) is 0 Å². The van der Waals surface area contributed by atoms with Crippen LogP contribution in [0.1, 0.15) is 78.7 Å². The predicted molar refractivity (Wildman–Crippen MR) is 199 cm³/mol. The molecule has 3 rings (SSSR count). The van der Waals surface area contributed by atoms with Crippen LogP contribution in [0.15, 0.2) is 30.5 Å². The van der Waals surface area contributed by atoms with E-state index in [1.165, 1.54) is 6.92 Å². The Morgan fingerprint density at radius 1 is 0.852 bits per heavy atom. The van der Waals surface area contributed by atoms with Gasteiger partial charge in [0, 0.05) is 29.9 Å². The molecular formula is C37H56N8O9. The van der Waals surface area contributed by atoms with Crippen molar-refractivity contribution in [2.24, 2.45) is 17.6 Å². The maximum Gasteiger partial charge on any atom is 0.326 e. The van der Waals surface area contributed by atoms with Crippen LogP contribution in [0.5, 0.6) is 0 Å². The first-order chi connectivity index (χ1) is 25.5. The van der Waals surface area contributed by atoms with Gasteiger partial charge in [0.25, 0.3) is 0 Å². The molecular weight excluding hydrogens is 700 g/mol. The molecule has 17 nitrogen and oxygen atoms in total. The second kappa shape index (κ2) is 20.4. The summed E-state index contributed by atoms with van der Waals surface area (Å²) in [5.41, 5.74) is 6.79. The van der Waals surface area contributed by atoms with Crippen LogP contribution in [0.4, 0.5) is 0 Å². The number of aliphatic hydroxyl groups is 1.